The number of nitrogens with zero attached hydrogens (tertiary/aromatic N) is 2. The molecule has 0 atom stereocenters. The van der Waals surface area contributed by atoms with E-state index < -0.39 is 0 Å². The maximum atomic E-state index is 11.7. The van der Waals surface area contributed by atoms with E-state index >= 15 is 0 Å². The fourth-order valence-electron chi connectivity index (χ4n) is 1.86. The van der Waals surface area contributed by atoms with Gasteiger partial charge in [0.2, 0.25) is 0 Å². The molecule has 1 heterocycles. The highest BCUT2D eigenvalue weighted by Crippen LogP contribution is 2.31. The van der Waals surface area contributed by atoms with Gasteiger partial charge in [0.05, 0.1) is 6.61 Å². The van der Waals surface area contributed by atoms with Crippen LogP contribution in [0, 0.1) is 0 Å². The van der Waals surface area contributed by atoms with Gasteiger partial charge in [-0.25, -0.2) is 4.98 Å². The second kappa shape index (κ2) is 5.60. The van der Waals surface area contributed by atoms with E-state index in [-0.39, 0.29) is 5.78 Å². The Bertz CT molecular complexity index is 403. The number of hydrogen-bond acceptors (Lipinski definition) is 5. The number of rotatable bonds is 5. The summed E-state index contributed by atoms with van der Waals surface area (Å²) < 4.78 is 5.32. The molecular formula is C12H18N2O2S. The largest absolute Gasteiger partial charge is 0.380 e. The first kappa shape index (κ1) is 12.5. The molecule has 0 saturated heterocycles. The molecule has 1 aliphatic carbocycles. The molecule has 0 aliphatic heterocycles. The van der Waals surface area contributed by atoms with Crippen LogP contribution in [0.5, 0.6) is 0 Å². The standard InChI is InChI=1S/C12H18N2O2S/c1-3-16-8-7-14(2)12-13-11-9(15)5-4-6-10(11)17-12/h3-8H2,1-2H3. The summed E-state index contributed by atoms with van der Waals surface area (Å²) >= 11 is 1.64. The Morgan fingerprint density at radius 3 is 3.00 bits per heavy atom. The molecule has 1 aromatic heterocycles. The monoisotopic (exact) mass is 254 g/mol. The second-order valence-corrected chi connectivity index (χ2v) is 5.23. The predicted molar refractivity (Wildman–Crippen MR) is 69.1 cm³/mol. The Balaban J connectivity index is 2.04. The number of carbonyl (C=O) groups is 1. The number of carbonyl (C=O) groups excluding carboxylic acids is 1. The third kappa shape index (κ3) is 2.84. The summed E-state index contributed by atoms with van der Waals surface area (Å²) in [6.07, 6.45) is 2.62. The van der Waals surface area contributed by atoms with Crippen LogP contribution in [-0.2, 0) is 11.2 Å². The Kier molecular flexibility index (Phi) is 4.12. The van der Waals surface area contributed by atoms with Crippen LogP contribution in [0.2, 0.25) is 0 Å². The lowest BCUT2D eigenvalue weighted by Crippen LogP contribution is -2.22. The van der Waals surface area contributed by atoms with E-state index in [0.717, 1.165) is 36.0 Å². The van der Waals surface area contributed by atoms with Crippen molar-refractivity contribution in [3.8, 4) is 0 Å². The number of aromatic nitrogens is 1. The SMILES string of the molecule is CCOCCN(C)c1nc2c(s1)CCCC2=O. The van der Waals surface area contributed by atoms with Crippen LogP contribution in [0.25, 0.3) is 0 Å². The number of aryl methyl sites for hydroxylation is 1. The molecule has 2 rings (SSSR count). The quantitative estimate of drug-likeness (QED) is 0.755. The zero-order chi connectivity index (χ0) is 12.3. The first-order valence-electron chi connectivity index (χ1n) is 6.04. The zero-order valence-electron chi connectivity index (χ0n) is 10.4. The predicted octanol–water partition coefficient (Wildman–Crippen LogP) is 2.13. The van der Waals surface area contributed by atoms with Gasteiger partial charge in [-0.05, 0) is 19.8 Å². The molecular weight excluding hydrogens is 236 g/mol. The number of likely N-dealkylation sites (N-methyl/N-ethyl adjacent to an activating group) is 1. The Hall–Kier alpha value is -0.940. The molecule has 0 unspecified atom stereocenters. The summed E-state index contributed by atoms with van der Waals surface area (Å²) in [5.41, 5.74) is 0.708. The van der Waals surface area contributed by atoms with Crippen LogP contribution in [-0.4, -0.2) is 37.6 Å². The van der Waals surface area contributed by atoms with E-state index in [0.29, 0.717) is 18.7 Å². The van der Waals surface area contributed by atoms with Gasteiger partial charge in [-0.3, -0.25) is 4.79 Å². The minimum Gasteiger partial charge on any atom is -0.380 e. The van der Waals surface area contributed by atoms with Gasteiger partial charge in [0.15, 0.2) is 10.9 Å². The van der Waals surface area contributed by atoms with Gasteiger partial charge in [0, 0.05) is 31.5 Å². The Morgan fingerprint density at radius 2 is 2.29 bits per heavy atom. The lowest BCUT2D eigenvalue weighted by Gasteiger charge is -2.14. The van der Waals surface area contributed by atoms with Crippen LogP contribution in [0.4, 0.5) is 5.13 Å². The lowest BCUT2D eigenvalue weighted by atomic mass is 10.0. The van der Waals surface area contributed by atoms with E-state index in [9.17, 15) is 4.79 Å². The van der Waals surface area contributed by atoms with Gasteiger partial charge in [0.1, 0.15) is 5.69 Å². The topological polar surface area (TPSA) is 42.4 Å². The van der Waals surface area contributed by atoms with E-state index in [1.165, 1.54) is 0 Å². The third-order valence-corrected chi connectivity index (χ3v) is 4.09. The average molecular weight is 254 g/mol. The molecule has 1 aromatic rings. The van der Waals surface area contributed by atoms with Crippen LogP contribution < -0.4 is 4.90 Å². The molecule has 0 radical (unpaired) electrons. The number of ketones is 1. The first-order valence-corrected chi connectivity index (χ1v) is 6.85. The number of anilines is 1. The molecule has 0 fully saturated rings. The van der Waals surface area contributed by atoms with Gasteiger partial charge in [-0.1, -0.05) is 0 Å². The molecule has 4 nitrogen and oxygen atoms in total. The van der Waals surface area contributed by atoms with E-state index in [1.807, 2.05) is 14.0 Å². The van der Waals surface area contributed by atoms with Crippen molar-refractivity contribution in [1.29, 1.82) is 0 Å². The van der Waals surface area contributed by atoms with Gasteiger partial charge in [-0.15, -0.1) is 11.3 Å². The maximum absolute atomic E-state index is 11.7. The Morgan fingerprint density at radius 1 is 1.47 bits per heavy atom. The van der Waals surface area contributed by atoms with Crippen molar-refractivity contribution in [3.63, 3.8) is 0 Å². The molecule has 17 heavy (non-hydrogen) atoms. The molecule has 0 saturated carbocycles. The van der Waals surface area contributed by atoms with Crippen molar-refractivity contribution in [1.82, 2.24) is 4.98 Å². The molecule has 0 spiro atoms. The molecule has 0 N–H and O–H groups in total. The average Bonchev–Trinajstić information content (AvgIpc) is 2.75. The maximum Gasteiger partial charge on any atom is 0.186 e. The third-order valence-electron chi connectivity index (χ3n) is 2.86. The smallest absolute Gasteiger partial charge is 0.186 e. The minimum absolute atomic E-state index is 0.201. The number of Topliss-reactive ketones (excluding diaryl/α,β-unsaturated/α-hetero) is 1. The number of hydrogen-bond donors (Lipinski definition) is 0. The first-order chi connectivity index (χ1) is 8.22. The van der Waals surface area contributed by atoms with Crippen LogP contribution >= 0.6 is 11.3 Å². The minimum atomic E-state index is 0.201. The fourth-order valence-corrected chi connectivity index (χ4v) is 2.97. The van der Waals surface area contributed by atoms with Crippen LogP contribution in [0.1, 0.15) is 35.1 Å². The summed E-state index contributed by atoms with van der Waals surface area (Å²) in [4.78, 5) is 19.3. The van der Waals surface area contributed by atoms with Crippen LogP contribution in [0.15, 0.2) is 0 Å². The number of thiazole rings is 1. The van der Waals surface area contributed by atoms with Crippen molar-refractivity contribution in [2.24, 2.45) is 0 Å². The molecule has 0 bridgehead atoms. The summed E-state index contributed by atoms with van der Waals surface area (Å²) in [5.74, 6) is 0.201. The van der Waals surface area contributed by atoms with Crippen molar-refractivity contribution in [3.05, 3.63) is 10.6 Å². The highest BCUT2D eigenvalue weighted by atomic mass is 32.1. The lowest BCUT2D eigenvalue weighted by molar-refractivity contribution is 0.0968. The molecule has 94 valence electrons. The van der Waals surface area contributed by atoms with Crippen molar-refractivity contribution >= 4 is 22.3 Å². The zero-order valence-corrected chi connectivity index (χ0v) is 11.2. The van der Waals surface area contributed by atoms with Crippen molar-refractivity contribution in [2.75, 3.05) is 31.7 Å². The summed E-state index contributed by atoms with van der Waals surface area (Å²) in [6.45, 7) is 4.24. The molecule has 0 amide bonds. The summed E-state index contributed by atoms with van der Waals surface area (Å²) in [5, 5.41) is 0.935. The fraction of sp³-hybridized carbons (Fsp3) is 0.667. The highest BCUT2D eigenvalue weighted by molar-refractivity contribution is 7.16. The molecule has 5 heteroatoms. The van der Waals surface area contributed by atoms with Crippen molar-refractivity contribution < 1.29 is 9.53 Å². The normalized spacial score (nSPS) is 14.8. The molecule has 0 aromatic carbocycles. The van der Waals surface area contributed by atoms with Gasteiger partial charge >= 0.3 is 0 Å². The van der Waals surface area contributed by atoms with Gasteiger partial charge in [0.25, 0.3) is 0 Å². The number of ether oxygens (including phenoxy) is 1. The van der Waals surface area contributed by atoms with Crippen LogP contribution in [0.3, 0.4) is 0 Å². The van der Waals surface area contributed by atoms with E-state index in [4.69, 9.17) is 4.74 Å². The summed E-state index contributed by atoms with van der Waals surface area (Å²) in [6, 6.07) is 0. The van der Waals surface area contributed by atoms with Gasteiger partial charge in [-0.2, -0.15) is 0 Å². The number of fused-ring (bicyclic) bond motifs is 1. The van der Waals surface area contributed by atoms with E-state index in [2.05, 4.69) is 9.88 Å². The summed E-state index contributed by atoms with van der Waals surface area (Å²) in [7, 11) is 1.99. The van der Waals surface area contributed by atoms with E-state index in [1.54, 1.807) is 11.3 Å². The molecule has 1 aliphatic rings. The second-order valence-electron chi connectivity index (χ2n) is 4.16. The van der Waals surface area contributed by atoms with Gasteiger partial charge < -0.3 is 9.64 Å². The highest BCUT2D eigenvalue weighted by Gasteiger charge is 2.23. The Labute approximate surface area is 106 Å². The van der Waals surface area contributed by atoms with Crippen molar-refractivity contribution in [2.45, 2.75) is 26.2 Å².